The average molecular weight is 314 g/mol. The Balaban J connectivity index is 3.00. The molecule has 0 saturated carbocycles. The summed E-state index contributed by atoms with van der Waals surface area (Å²) in [5, 5.41) is 8.94. The molecule has 1 aromatic rings. The number of hydrogen-bond donors (Lipinski definition) is 1. The normalized spacial score (nSPS) is 11.7. The van der Waals surface area contributed by atoms with Crippen molar-refractivity contribution in [3.63, 3.8) is 0 Å². The summed E-state index contributed by atoms with van der Waals surface area (Å²) in [6, 6.07) is 4.48. The molecule has 6 heteroatoms. The molecule has 3 nitrogen and oxygen atoms in total. The third-order valence-electron chi connectivity index (χ3n) is 1.82. The van der Waals surface area contributed by atoms with E-state index in [0.29, 0.717) is 9.50 Å². The van der Waals surface area contributed by atoms with Crippen LogP contribution < -0.4 is 0 Å². The molecule has 0 atom stereocenters. The van der Waals surface area contributed by atoms with Gasteiger partial charge in [-0.3, -0.25) is 0 Å². The summed E-state index contributed by atoms with van der Waals surface area (Å²) in [5.41, 5.74) is 0. The average Bonchev–Trinajstić information content (AvgIpc) is 2.19. The predicted octanol–water partition coefficient (Wildman–Crippen LogP) is 2.26. The number of aliphatic hydroxyl groups excluding tert-OH is 1. The third-order valence-corrected chi connectivity index (χ3v) is 4.85. The van der Waals surface area contributed by atoms with E-state index in [2.05, 4.69) is 15.9 Å². The van der Waals surface area contributed by atoms with Crippen molar-refractivity contribution in [1.29, 1.82) is 0 Å². The van der Waals surface area contributed by atoms with Crippen LogP contribution in [0.3, 0.4) is 0 Å². The molecule has 0 spiro atoms. The summed E-state index contributed by atoms with van der Waals surface area (Å²) in [6.45, 7) is -0.135. The van der Waals surface area contributed by atoms with Gasteiger partial charge >= 0.3 is 0 Å². The molecule has 0 amide bonds. The minimum Gasteiger partial charge on any atom is -0.396 e. The van der Waals surface area contributed by atoms with E-state index in [4.69, 9.17) is 16.7 Å². The van der Waals surface area contributed by atoms with Crippen LogP contribution in [0.1, 0.15) is 6.42 Å². The third kappa shape index (κ3) is 3.45. The summed E-state index contributed by atoms with van der Waals surface area (Å²) < 4.78 is 24.0. The van der Waals surface area contributed by atoms with Gasteiger partial charge < -0.3 is 5.11 Å². The second-order valence-electron chi connectivity index (χ2n) is 2.97. The first kappa shape index (κ1) is 13.0. The molecule has 1 N–H and O–H groups in total. The molecule has 0 aromatic heterocycles. The first-order valence-corrected chi connectivity index (χ1v) is 7.08. The highest BCUT2D eigenvalue weighted by Gasteiger charge is 2.14. The van der Waals surface area contributed by atoms with Crippen molar-refractivity contribution in [3.05, 3.63) is 27.7 Å². The Labute approximate surface area is 102 Å². The van der Waals surface area contributed by atoms with Crippen molar-refractivity contribution in [2.75, 3.05) is 12.4 Å². The van der Waals surface area contributed by atoms with Gasteiger partial charge in [-0.25, -0.2) is 8.42 Å². The van der Waals surface area contributed by atoms with Crippen molar-refractivity contribution < 1.29 is 13.5 Å². The van der Waals surface area contributed by atoms with Gasteiger partial charge in [-0.05, 0) is 40.5 Å². The summed E-state index contributed by atoms with van der Waals surface area (Å²) in [6.07, 6.45) is 0.232. The van der Waals surface area contributed by atoms with E-state index in [1.807, 2.05) is 0 Å². The lowest BCUT2D eigenvalue weighted by atomic mass is 10.4. The molecule has 0 unspecified atom stereocenters. The fourth-order valence-electron chi connectivity index (χ4n) is 1.04. The van der Waals surface area contributed by atoms with Crippen molar-refractivity contribution in [2.45, 2.75) is 11.3 Å². The maximum atomic E-state index is 11.7. The lowest BCUT2D eigenvalue weighted by molar-refractivity contribution is 0.295. The smallest absolute Gasteiger partial charge is 0.178 e. The van der Waals surface area contributed by atoms with Gasteiger partial charge in [0.05, 0.1) is 15.7 Å². The van der Waals surface area contributed by atoms with Gasteiger partial charge in [-0.1, -0.05) is 11.6 Å². The maximum absolute atomic E-state index is 11.7. The van der Waals surface area contributed by atoms with Gasteiger partial charge in [0.2, 0.25) is 0 Å². The molecule has 0 saturated heterocycles. The van der Waals surface area contributed by atoms with Crippen LogP contribution in [0.2, 0.25) is 5.02 Å². The van der Waals surface area contributed by atoms with Gasteiger partial charge in [0.1, 0.15) is 0 Å². The fraction of sp³-hybridized carbons (Fsp3) is 0.333. The predicted molar refractivity (Wildman–Crippen MR) is 62.9 cm³/mol. The highest BCUT2D eigenvalue weighted by atomic mass is 79.9. The lowest BCUT2D eigenvalue weighted by Gasteiger charge is -2.04. The monoisotopic (exact) mass is 312 g/mol. The van der Waals surface area contributed by atoms with Gasteiger partial charge in [-0.2, -0.15) is 0 Å². The Bertz CT molecular complexity index is 445. The van der Waals surface area contributed by atoms with Crippen molar-refractivity contribution in [1.82, 2.24) is 0 Å². The Hall–Kier alpha value is -0.100. The van der Waals surface area contributed by atoms with Crippen molar-refractivity contribution >= 4 is 37.4 Å². The minimum absolute atomic E-state index is 0.0680. The van der Waals surface area contributed by atoms with E-state index in [0.717, 1.165) is 0 Å². The van der Waals surface area contributed by atoms with E-state index < -0.39 is 9.84 Å². The Morgan fingerprint density at radius 1 is 1.40 bits per heavy atom. The molecule has 1 aromatic carbocycles. The highest BCUT2D eigenvalue weighted by molar-refractivity contribution is 9.10. The molecule has 84 valence electrons. The van der Waals surface area contributed by atoms with Crippen LogP contribution in [-0.4, -0.2) is 25.9 Å². The summed E-state index contributed by atoms with van der Waals surface area (Å²) in [5.74, 6) is -0.0680. The zero-order chi connectivity index (χ0) is 11.5. The molecule has 0 aliphatic carbocycles. The standard InChI is InChI=1S/C9H10BrClO3S/c10-8-3-2-7(6-9(8)11)15(13,14)5-1-4-12/h2-3,6,12H,1,4-5H2. The zero-order valence-corrected chi connectivity index (χ0v) is 10.9. The molecular formula is C9H10BrClO3S. The highest BCUT2D eigenvalue weighted by Crippen LogP contribution is 2.25. The van der Waals surface area contributed by atoms with E-state index in [-0.39, 0.29) is 23.7 Å². The van der Waals surface area contributed by atoms with E-state index in [9.17, 15) is 8.42 Å². The van der Waals surface area contributed by atoms with Crippen LogP contribution in [0.15, 0.2) is 27.6 Å². The summed E-state index contributed by atoms with van der Waals surface area (Å²) in [7, 11) is -3.33. The second kappa shape index (κ2) is 5.30. The topological polar surface area (TPSA) is 54.4 Å². The molecular weight excluding hydrogens is 304 g/mol. The molecule has 1 rings (SSSR count). The number of sulfone groups is 1. The van der Waals surface area contributed by atoms with Gasteiger partial charge in [-0.15, -0.1) is 0 Å². The number of rotatable bonds is 4. The summed E-state index contributed by atoms with van der Waals surface area (Å²) in [4.78, 5) is 0.184. The van der Waals surface area contributed by atoms with Crippen molar-refractivity contribution in [3.8, 4) is 0 Å². The Morgan fingerprint density at radius 3 is 2.60 bits per heavy atom. The van der Waals surface area contributed by atoms with Crippen LogP contribution in [-0.2, 0) is 9.84 Å². The molecule has 0 aliphatic rings. The number of hydrogen-bond acceptors (Lipinski definition) is 3. The number of aliphatic hydroxyl groups is 1. The van der Waals surface area contributed by atoms with Gasteiger partial charge in [0.15, 0.2) is 9.84 Å². The molecule has 0 bridgehead atoms. The Morgan fingerprint density at radius 2 is 2.07 bits per heavy atom. The van der Waals surface area contributed by atoms with Crippen molar-refractivity contribution in [2.24, 2.45) is 0 Å². The molecule has 0 heterocycles. The van der Waals surface area contributed by atoms with Crippen LogP contribution in [0.4, 0.5) is 0 Å². The zero-order valence-electron chi connectivity index (χ0n) is 7.78. The molecule has 0 radical (unpaired) electrons. The SMILES string of the molecule is O=S(=O)(CCCO)c1ccc(Br)c(Cl)c1. The molecule has 0 aliphatic heterocycles. The van der Waals surface area contributed by atoms with Crippen LogP contribution in [0.25, 0.3) is 0 Å². The first-order chi connectivity index (χ1) is 6.97. The number of benzene rings is 1. The van der Waals surface area contributed by atoms with E-state index in [1.54, 1.807) is 6.07 Å². The molecule has 0 fully saturated rings. The van der Waals surface area contributed by atoms with Crippen LogP contribution in [0.5, 0.6) is 0 Å². The Kier molecular flexibility index (Phi) is 4.58. The maximum Gasteiger partial charge on any atom is 0.178 e. The quantitative estimate of drug-likeness (QED) is 0.927. The second-order valence-corrected chi connectivity index (χ2v) is 6.34. The van der Waals surface area contributed by atoms with Gasteiger partial charge in [0.25, 0.3) is 0 Å². The van der Waals surface area contributed by atoms with E-state index >= 15 is 0 Å². The minimum atomic E-state index is -3.33. The van der Waals surface area contributed by atoms with Crippen LogP contribution >= 0.6 is 27.5 Å². The lowest BCUT2D eigenvalue weighted by Crippen LogP contribution is -2.08. The first-order valence-electron chi connectivity index (χ1n) is 4.26. The largest absolute Gasteiger partial charge is 0.396 e. The van der Waals surface area contributed by atoms with E-state index in [1.165, 1.54) is 12.1 Å². The number of halogens is 2. The fourth-order valence-corrected chi connectivity index (χ4v) is 2.85. The van der Waals surface area contributed by atoms with Gasteiger partial charge in [0, 0.05) is 11.1 Å². The summed E-state index contributed by atoms with van der Waals surface area (Å²) >= 11 is 8.98. The van der Waals surface area contributed by atoms with Crippen LogP contribution in [0, 0.1) is 0 Å². The molecule has 15 heavy (non-hydrogen) atoms.